The summed E-state index contributed by atoms with van der Waals surface area (Å²) in [6.45, 7) is 0. The first-order valence-electron chi connectivity index (χ1n) is 3.99. The molecule has 5 nitrogen and oxygen atoms in total. The van der Waals surface area contributed by atoms with Gasteiger partial charge in [0.25, 0.3) is 0 Å². The largest absolute Gasteiger partial charge is 0.526 e. The molecule has 6 heteroatoms. The maximum Gasteiger partial charge on any atom is 0.526 e. The second kappa shape index (κ2) is 3.61. The summed E-state index contributed by atoms with van der Waals surface area (Å²) in [4.78, 5) is 7.97. The van der Waals surface area contributed by atoms with Gasteiger partial charge in [0.05, 0.1) is 5.56 Å². The zero-order valence-electron chi connectivity index (χ0n) is 7.16. The third-order valence-corrected chi connectivity index (χ3v) is 1.70. The van der Waals surface area contributed by atoms with E-state index in [2.05, 4.69) is 9.97 Å². The van der Waals surface area contributed by atoms with Crippen molar-refractivity contribution < 1.29 is 14.5 Å². The molecule has 0 fully saturated rings. The average molecular weight is 190 g/mol. The SMILES string of the molecule is OB(O)c1cc(-c2ncccn2)co1. The van der Waals surface area contributed by atoms with Crippen molar-refractivity contribution in [2.45, 2.75) is 0 Å². The Morgan fingerprint density at radius 1 is 1.21 bits per heavy atom. The van der Waals surface area contributed by atoms with E-state index in [4.69, 9.17) is 14.5 Å². The van der Waals surface area contributed by atoms with Crippen molar-refractivity contribution in [2.24, 2.45) is 0 Å². The van der Waals surface area contributed by atoms with Crippen LogP contribution in [-0.2, 0) is 0 Å². The fourth-order valence-corrected chi connectivity index (χ4v) is 1.05. The number of aromatic nitrogens is 2. The van der Waals surface area contributed by atoms with E-state index in [1.165, 1.54) is 12.3 Å². The fourth-order valence-electron chi connectivity index (χ4n) is 1.05. The molecule has 2 heterocycles. The summed E-state index contributed by atoms with van der Waals surface area (Å²) in [6, 6.07) is 3.19. The number of rotatable bonds is 2. The van der Waals surface area contributed by atoms with Crippen molar-refractivity contribution in [1.29, 1.82) is 0 Å². The quantitative estimate of drug-likeness (QED) is 0.619. The molecule has 0 saturated heterocycles. The lowest BCUT2D eigenvalue weighted by Crippen LogP contribution is -2.27. The number of hydrogen-bond acceptors (Lipinski definition) is 5. The minimum atomic E-state index is -1.60. The van der Waals surface area contributed by atoms with Crippen molar-refractivity contribution >= 4 is 12.8 Å². The summed E-state index contributed by atoms with van der Waals surface area (Å²) in [5.41, 5.74) is 0.696. The van der Waals surface area contributed by atoms with E-state index < -0.39 is 7.12 Å². The van der Waals surface area contributed by atoms with Gasteiger partial charge in [0.1, 0.15) is 11.9 Å². The molecule has 0 aliphatic rings. The Bertz CT molecular complexity index is 416. The van der Waals surface area contributed by atoms with Crippen LogP contribution in [0.4, 0.5) is 0 Å². The summed E-state index contributed by atoms with van der Waals surface area (Å²) in [7, 11) is -1.60. The monoisotopic (exact) mass is 190 g/mol. The summed E-state index contributed by atoms with van der Waals surface area (Å²) < 4.78 is 4.90. The molecule has 0 spiro atoms. The third-order valence-electron chi connectivity index (χ3n) is 1.70. The van der Waals surface area contributed by atoms with E-state index in [9.17, 15) is 0 Å². The lowest BCUT2D eigenvalue weighted by Gasteiger charge is -1.91. The fraction of sp³-hybridized carbons (Fsp3) is 0. The Morgan fingerprint density at radius 2 is 1.93 bits per heavy atom. The minimum Gasteiger partial charge on any atom is -0.472 e. The Morgan fingerprint density at radius 3 is 2.50 bits per heavy atom. The van der Waals surface area contributed by atoms with Crippen LogP contribution < -0.4 is 5.66 Å². The van der Waals surface area contributed by atoms with Crippen LogP contribution in [0.1, 0.15) is 0 Å². The maximum atomic E-state index is 8.80. The van der Waals surface area contributed by atoms with E-state index >= 15 is 0 Å². The van der Waals surface area contributed by atoms with Crippen LogP contribution in [0.2, 0.25) is 0 Å². The predicted octanol–water partition coefficient (Wildman–Crippen LogP) is -0.584. The van der Waals surface area contributed by atoms with Gasteiger partial charge in [-0.15, -0.1) is 0 Å². The van der Waals surface area contributed by atoms with Gasteiger partial charge in [-0.25, -0.2) is 9.97 Å². The first kappa shape index (κ1) is 8.92. The van der Waals surface area contributed by atoms with Crippen molar-refractivity contribution in [1.82, 2.24) is 9.97 Å². The molecular formula is C8H7BN2O3. The highest BCUT2D eigenvalue weighted by molar-refractivity contribution is 6.57. The van der Waals surface area contributed by atoms with Crippen LogP contribution >= 0.6 is 0 Å². The summed E-state index contributed by atoms with van der Waals surface area (Å²) in [5, 5.41) is 17.6. The van der Waals surface area contributed by atoms with Crippen molar-refractivity contribution in [2.75, 3.05) is 0 Å². The van der Waals surface area contributed by atoms with Gasteiger partial charge in [0.2, 0.25) is 0 Å². The van der Waals surface area contributed by atoms with Gasteiger partial charge in [-0.1, -0.05) is 0 Å². The van der Waals surface area contributed by atoms with E-state index in [0.717, 1.165) is 0 Å². The van der Waals surface area contributed by atoms with Gasteiger partial charge < -0.3 is 14.5 Å². The standard InChI is InChI=1S/C8H7BN2O3/c12-9(13)7-4-6(5-14-7)8-10-2-1-3-11-8/h1-5,12-13H. The van der Waals surface area contributed by atoms with E-state index in [0.29, 0.717) is 11.4 Å². The second-order valence-electron chi connectivity index (χ2n) is 2.68. The molecule has 0 atom stereocenters. The molecule has 0 radical (unpaired) electrons. The van der Waals surface area contributed by atoms with E-state index in [1.807, 2.05) is 0 Å². The van der Waals surface area contributed by atoms with Crippen LogP contribution in [0.15, 0.2) is 35.2 Å². The van der Waals surface area contributed by atoms with E-state index in [-0.39, 0.29) is 5.66 Å². The summed E-state index contributed by atoms with van der Waals surface area (Å²) in [6.07, 6.45) is 4.58. The highest BCUT2D eigenvalue weighted by atomic mass is 16.4. The van der Waals surface area contributed by atoms with Crippen LogP contribution in [-0.4, -0.2) is 27.1 Å². The van der Waals surface area contributed by atoms with Gasteiger partial charge in [0, 0.05) is 12.4 Å². The number of nitrogens with zero attached hydrogens (tertiary/aromatic N) is 2. The zero-order valence-corrected chi connectivity index (χ0v) is 7.16. The molecule has 0 saturated carbocycles. The second-order valence-corrected chi connectivity index (χ2v) is 2.68. The molecule has 0 aliphatic carbocycles. The van der Waals surface area contributed by atoms with Gasteiger partial charge >= 0.3 is 7.12 Å². The Balaban J connectivity index is 2.34. The Kier molecular flexibility index (Phi) is 2.30. The zero-order chi connectivity index (χ0) is 9.97. The number of hydrogen-bond donors (Lipinski definition) is 2. The van der Waals surface area contributed by atoms with E-state index in [1.54, 1.807) is 18.5 Å². The molecule has 70 valence electrons. The van der Waals surface area contributed by atoms with Crippen molar-refractivity contribution in [3.05, 3.63) is 30.8 Å². The maximum absolute atomic E-state index is 8.80. The predicted molar refractivity (Wildman–Crippen MR) is 49.6 cm³/mol. The molecule has 0 aliphatic heterocycles. The lowest BCUT2D eigenvalue weighted by atomic mass is 9.87. The molecule has 2 rings (SSSR count). The molecule has 0 amide bonds. The smallest absolute Gasteiger partial charge is 0.472 e. The van der Waals surface area contributed by atoms with Gasteiger partial charge in [-0.2, -0.15) is 0 Å². The molecular weight excluding hydrogens is 183 g/mol. The van der Waals surface area contributed by atoms with Gasteiger partial charge in [-0.3, -0.25) is 0 Å². The first-order chi connectivity index (χ1) is 6.77. The highest BCUT2D eigenvalue weighted by Gasteiger charge is 2.17. The molecule has 0 bridgehead atoms. The van der Waals surface area contributed by atoms with Gasteiger partial charge in [-0.05, 0) is 12.1 Å². The Hall–Kier alpha value is -1.66. The van der Waals surface area contributed by atoms with Crippen LogP contribution in [0, 0.1) is 0 Å². The molecule has 2 aromatic rings. The van der Waals surface area contributed by atoms with Crippen molar-refractivity contribution in [3.8, 4) is 11.4 Å². The minimum absolute atomic E-state index is 0.0763. The first-order valence-corrected chi connectivity index (χ1v) is 3.99. The summed E-state index contributed by atoms with van der Waals surface area (Å²) >= 11 is 0. The summed E-state index contributed by atoms with van der Waals surface area (Å²) in [5.74, 6) is 0.489. The van der Waals surface area contributed by atoms with Crippen molar-refractivity contribution in [3.63, 3.8) is 0 Å². The topological polar surface area (TPSA) is 79.4 Å². The lowest BCUT2D eigenvalue weighted by molar-refractivity contribution is 0.409. The average Bonchev–Trinajstić information content (AvgIpc) is 2.68. The van der Waals surface area contributed by atoms with Gasteiger partial charge in [0.15, 0.2) is 5.82 Å². The third kappa shape index (κ3) is 1.66. The molecule has 14 heavy (non-hydrogen) atoms. The van der Waals surface area contributed by atoms with Crippen LogP contribution in [0.3, 0.4) is 0 Å². The van der Waals surface area contributed by atoms with Crippen LogP contribution in [0.5, 0.6) is 0 Å². The molecule has 2 aromatic heterocycles. The van der Waals surface area contributed by atoms with Crippen LogP contribution in [0.25, 0.3) is 11.4 Å². The highest BCUT2D eigenvalue weighted by Crippen LogP contribution is 2.12. The number of furan rings is 1. The normalized spacial score (nSPS) is 10.1. The molecule has 0 aromatic carbocycles. The Labute approximate surface area is 80.2 Å². The molecule has 0 unspecified atom stereocenters. The molecule has 2 N–H and O–H groups in total.